The van der Waals surface area contributed by atoms with Crippen LogP contribution in [0, 0.1) is 0 Å². The molecule has 0 N–H and O–H groups in total. The molecule has 0 aliphatic heterocycles. The zero-order chi connectivity index (χ0) is 17.9. The smallest absolute Gasteiger partial charge is 0.250 e. The summed E-state index contributed by atoms with van der Waals surface area (Å²) in [7, 11) is -2.03. The Bertz CT molecular complexity index is 807. The molecule has 0 unspecified atom stereocenters. The third kappa shape index (κ3) is 4.07. The predicted molar refractivity (Wildman–Crippen MR) is 98.1 cm³/mol. The first-order chi connectivity index (χ1) is 11.2. The lowest BCUT2D eigenvalue weighted by Crippen LogP contribution is -2.48. The third-order valence-corrected chi connectivity index (χ3v) is 5.12. The summed E-state index contributed by atoms with van der Waals surface area (Å²) in [6, 6.07) is 14.5. The number of rotatable bonds is 5. The van der Waals surface area contributed by atoms with Gasteiger partial charge in [0.15, 0.2) is 0 Å². The molecule has 1 atom stereocenters. The maximum Gasteiger partial charge on any atom is 0.250 e. The monoisotopic (exact) mass is 366 g/mol. The van der Waals surface area contributed by atoms with E-state index in [1.165, 1.54) is 4.90 Å². The fourth-order valence-corrected chi connectivity index (χ4v) is 3.74. The normalized spacial score (nSPS) is 12.5. The van der Waals surface area contributed by atoms with Gasteiger partial charge in [0.25, 0.3) is 0 Å². The third-order valence-electron chi connectivity index (χ3n) is 3.62. The SMILES string of the molecule is C[C@@H](C(=O)N(C)c1ccccc1)N(c1ccc(Cl)cc1)S(C)(=O)=O. The molecule has 0 saturated carbocycles. The van der Waals surface area contributed by atoms with Gasteiger partial charge in [0.05, 0.1) is 11.9 Å². The number of para-hydroxylation sites is 1. The van der Waals surface area contributed by atoms with Crippen molar-refractivity contribution in [3.63, 3.8) is 0 Å². The van der Waals surface area contributed by atoms with Gasteiger partial charge in [-0.3, -0.25) is 9.10 Å². The molecule has 0 aliphatic carbocycles. The second kappa shape index (κ2) is 7.23. The van der Waals surface area contributed by atoms with Crippen LogP contribution in [0.1, 0.15) is 6.92 Å². The van der Waals surface area contributed by atoms with Crippen LogP contribution in [-0.4, -0.2) is 33.7 Å². The minimum absolute atomic E-state index is 0.332. The Kier molecular flexibility index (Phi) is 5.51. The molecule has 128 valence electrons. The second-order valence-electron chi connectivity index (χ2n) is 5.44. The average molecular weight is 367 g/mol. The van der Waals surface area contributed by atoms with Gasteiger partial charge in [0, 0.05) is 17.8 Å². The number of likely N-dealkylation sites (N-methyl/N-ethyl adjacent to an activating group) is 1. The molecule has 7 heteroatoms. The molecule has 0 bridgehead atoms. The second-order valence-corrected chi connectivity index (χ2v) is 7.74. The topological polar surface area (TPSA) is 57.7 Å². The van der Waals surface area contributed by atoms with Crippen molar-refractivity contribution in [3.8, 4) is 0 Å². The van der Waals surface area contributed by atoms with Gasteiger partial charge in [-0.15, -0.1) is 0 Å². The number of sulfonamides is 1. The highest BCUT2D eigenvalue weighted by atomic mass is 35.5. The Morgan fingerprint density at radius 3 is 2.04 bits per heavy atom. The molecule has 0 aliphatic rings. The highest BCUT2D eigenvalue weighted by Gasteiger charge is 2.31. The minimum Gasteiger partial charge on any atom is -0.314 e. The summed E-state index contributed by atoms with van der Waals surface area (Å²) in [4.78, 5) is 14.2. The predicted octanol–water partition coefficient (Wildman–Crippen LogP) is 3.16. The first-order valence-electron chi connectivity index (χ1n) is 7.29. The molecule has 0 radical (unpaired) electrons. The summed E-state index contributed by atoms with van der Waals surface area (Å²) in [5.74, 6) is -0.332. The van der Waals surface area contributed by atoms with Crippen molar-refractivity contribution in [2.45, 2.75) is 13.0 Å². The molecular weight excluding hydrogens is 348 g/mol. The first-order valence-corrected chi connectivity index (χ1v) is 9.52. The summed E-state index contributed by atoms with van der Waals surface area (Å²) < 4.78 is 25.6. The van der Waals surface area contributed by atoms with Gasteiger partial charge >= 0.3 is 0 Å². The zero-order valence-corrected chi connectivity index (χ0v) is 15.3. The van der Waals surface area contributed by atoms with Crippen LogP contribution in [0.25, 0.3) is 0 Å². The molecular formula is C17H19ClN2O3S. The van der Waals surface area contributed by atoms with Crippen LogP contribution in [0.2, 0.25) is 5.02 Å². The van der Waals surface area contributed by atoms with Crippen molar-refractivity contribution in [3.05, 3.63) is 59.6 Å². The van der Waals surface area contributed by atoms with Crippen molar-refractivity contribution < 1.29 is 13.2 Å². The van der Waals surface area contributed by atoms with E-state index in [1.807, 2.05) is 18.2 Å². The Morgan fingerprint density at radius 1 is 1.00 bits per heavy atom. The van der Waals surface area contributed by atoms with E-state index in [-0.39, 0.29) is 5.91 Å². The number of carbonyl (C=O) groups is 1. The molecule has 5 nitrogen and oxygen atoms in total. The number of halogens is 1. The van der Waals surface area contributed by atoms with E-state index in [4.69, 9.17) is 11.6 Å². The lowest BCUT2D eigenvalue weighted by Gasteiger charge is -2.31. The van der Waals surface area contributed by atoms with Crippen LogP contribution >= 0.6 is 11.6 Å². The van der Waals surface area contributed by atoms with Crippen molar-refractivity contribution in [1.29, 1.82) is 0 Å². The van der Waals surface area contributed by atoms with Crippen LogP contribution < -0.4 is 9.21 Å². The molecule has 1 amide bonds. The van der Waals surface area contributed by atoms with Crippen LogP contribution in [0.3, 0.4) is 0 Å². The fourth-order valence-electron chi connectivity index (χ4n) is 2.45. The highest BCUT2D eigenvalue weighted by molar-refractivity contribution is 7.92. The molecule has 0 fully saturated rings. The van der Waals surface area contributed by atoms with E-state index in [0.29, 0.717) is 16.4 Å². The van der Waals surface area contributed by atoms with Crippen LogP contribution in [0.5, 0.6) is 0 Å². The lowest BCUT2D eigenvalue weighted by molar-refractivity contribution is -0.119. The summed E-state index contributed by atoms with van der Waals surface area (Å²) in [6.07, 6.45) is 1.08. The minimum atomic E-state index is -3.65. The summed E-state index contributed by atoms with van der Waals surface area (Å²) in [5.41, 5.74) is 1.09. The van der Waals surface area contributed by atoms with Crippen LogP contribution in [-0.2, 0) is 14.8 Å². The van der Waals surface area contributed by atoms with E-state index in [2.05, 4.69) is 0 Å². The van der Waals surface area contributed by atoms with E-state index in [1.54, 1.807) is 50.4 Å². The van der Waals surface area contributed by atoms with Gasteiger partial charge in [0.2, 0.25) is 15.9 Å². The number of amides is 1. The molecule has 2 aromatic rings. The fraction of sp³-hybridized carbons (Fsp3) is 0.235. The van der Waals surface area contributed by atoms with Gasteiger partial charge in [-0.2, -0.15) is 0 Å². The number of carbonyl (C=O) groups excluding carboxylic acids is 1. The summed E-state index contributed by atoms with van der Waals surface area (Å²) in [6.45, 7) is 1.57. The maximum atomic E-state index is 12.8. The molecule has 0 heterocycles. The molecule has 0 saturated heterocycles. The largest absolute Gasteiger partial charge is 0.314 e. The Labute approximate surface area is 147 Å². The van der Waals surface area contributed by atoms with E-state index >= 15 is 0 Å². The average Bonchev–Trinajstić information content (AvgIpc) is 2.55. The van der Waals surface area contributed by atoms with E-state index < -0.39 is 16.1 Å². The summed E-state index contributed by atoms with van der Waals surface area (Å²) in [5, 5.41) is 0.493. The van der Waals surface area contributed by atoms with Gasteiger partial charge in [0.1, 0.15) is 6.04 Å². The number of nitrogens with zero attached hydrogens (tertiary/aromatic N) is 2. The number of hydrogen-bond donors (Lipinski definition) is 0. The van der Waals surface area contributed by atoms with E-state index in [9.17, 15) is 13.2 Å². The molecule has 0 aromatic heterocycles. The standard InChI is InChI=1S/C17H19ClN2O3S/c1-13(17(21)19(2)15-7-5-4-6-8-15)20(24(3,22)23)16-11-9-14(18)10-12-16/h4-13H,1-3H3/t13-/m0/s1. The number of benzene rings is 2. The summed E-state index contributed by atoms with van der Waals surface area (Å²) >= 11 is 5.86. The molecule has 2 rings (SSSR count). The van der Waals surface area contributed by atoms with Gasteiger partial charge < -0.3 is 4.90 Å². The Balaban J connectivity index is 2.36. The maximum absolute atomic E-state index is 12.8. The van der Waals surface area contributed by atoms with Crippen molar-refractivity contribution >= 4 is 38.9 Å². The van der Waals surface area contributed by atoms with Gasteiger partial charge in [-0.1, -0.05) is 29.8 Å². The quantitative estimate of drug-likeness (QED) is 0.816. The first kappa shape index (κ1) is 18.3. The van der Waals surface area contributed by atoms with Gasteiger partial charge in [-0.25, -0.2) is 8.42 Å². The molecule has 24 heavy (non-hydrogen) atoms. The van der Waals surface area contributed by atoms with Crippen LogP contribution in [0.4, 0.5) is 11.4 Å². The van der Waals surface area contributed by atoms with Crippen LogP contribution in [0.15, 0.2) is 54.6 Å². The number of hydrogen-bond acceptors (Lipinski definition) is 3. The van der Waals surface area contributed by atoms with Crippen molar-refractivity contribution in [2.24, 2.45) is 0 Å². The zero-order valence-electron chi connectivity index (χ0n) is 13.7. The van der Waals surface area contributed by atoms with Crippen molar-refractivity contribution in [1.82, 2.24) is 0 Å². The van der Waals surface area contributed by atoms with Crippen molar-refractivity contribution in [2.75, 3.05) is 22.5 Å². The molecule has 0 spiro atoms. The number of anilines is 2. The Morgan fingerprint density at radius 2 is 1.54 bits per heavy atom. The lowest BCUT2D eigenvalue weighted by atomic mass is 10.2. The Hall–Kier alpha value is -2.05. The van der Waals surface area contributed by atoms with Gasteiger partial charge in [-0.05, 0) is 43.3 Å². The van der Waals surface area contributed by atoms with E-state index in [0.717, 1.165) is 10.6 Å². The highest BCUT2D eigenvalue weighted by Crippen LogP contribution is 2.24. The molecule has 2 aromatic carbocycles.